The number of nitrogens with zero attached hydrogens (tertiary/aromatic N) is 1. The van der Waals surface area contributed by atoms with Crippen LogP contribution in [0.2, 0.25) is 0 Å². The molecule has 0 bridgehead atoms. The van der Waals surface area contributed by atoms with Crippen LogP contribution < -0.4 is 0 Å². The molecule has 1 rings (SSSR count). The Morgan fingerprint density at radius 3 is 2.76 bits per heavy atom. The topological polar surface area (TPSA) is 29.5 Å². The Bertz CT molecular complexity index is 251. The van der Waals surface area contributed by atoms with E-state index in [9.17, 15) is 4.79 Å². The Morgan fingerprint density at radius 2 is 2.18 bits per heavy atom. The third-order valence-electron chi connectivity index (χ3n) is 3.93. The van der Waals surface area contributed by atoms with Crippen LogP contribution in [0.4, 0.5) is 0 Å². The normalized spacial score (nSPS) is 24.3. The van der Waals surface area contributed by atoms with Gasteiger partial charge in [0.25, 0.3) is 0 Å². The zero-order valence-corrected chi connectivity index (χ0v) is 11.8. The van der Waals surface area contributed by atoms with Crippen LogP contribution in [-0.4, -0.2) is 44.0 Å². The van der Waals surface area contributed by atoms with Gasteiger partial charge in [0.2, 0.25) is 0 Å². The first kappa shape index (κ1) is 14.7. The molecular weight excluding hydrogens is 214 g/mol. The van der Waals surface area contributed by atoms with Crippen LogP contribution in [0, 0.1) is 11.3 Å². The fraction of sp³-hybridized carbons (Fsp3) is 0.929. The number of carbonyl (C=O) groups excluding carboxylic acids is 1. The molecule has 1 aliphatic carbocycles. The summed E-state index contributed by atoms with van der Waals surface area (Å²) in [5.41, 5.74) is -0.108. The Balaban J connectivity index is 2.51. The molecule has 1 unspecified atom stereocenters. The summed E-state index contributed by atoms with van der Waals surface area (Å²) >= 11 is 0. The molecule has 1 fully saturated rings. The van der Waals surface area contributed by atoms with E-state index in [0.29, 0.717) is 5.78 Å². The predicted molar refractivity (Wildman–Crippen MR) is 70.1 cm³/mol. The van der Waals surface area contributed by atoms with Gasteiger partial charge in [-0.05, 0) is 19.4 Å². The van der Waals surface area contributed by atoms with Gasteiger partial charge in [0.05, 0.1) is 6.61 Å². The zero-order valence-electron chi connectivity index (χ0n) is 11.8. The molecule has 1 atom stereocenters. The molecule has 1 aliphatic rings. The van der Waals surface area contributed by atoms with Crippen LogP contribution >= 0.6 is 0 Å². The Morgan fingerprint density at radius 1 is 1.47 bits per heavy atom. The first-order valence-electron chi connectivity index (χ1n) is 6.77. The van der Waals surface area contributed by atoms with Crippen molar-refractivity contribution in [2.24, 2.45) is 11.3 Å². The summed E-state index contributed by atoms with van der Waals surface area (Å²) in [6.45, 7) is 9.90. The molecule has 0 spiro atoms. The van der Waals surface area contributed by atoms with Crippen LogP contribution in [0.15, 0.2) is 0 Å². The Labute approximate surface area is 106 Å². The molecule has 0 aromatic rings. The van der Waals surface area contributed by atoms with Crippen LogP contribution in [0.1, 0.15) is 40.0 Å². The molecule has 3 heteroatoms. The minimum Gasteiger partial charge on any atom is -0.383 e. The summed E-state index contributed by atoms with van der Waals surface area (Å²) < 4.78 is 5.10. The van der Waals surface area contributed by atoms with Crippen molar-refractivity contribution >= 4 is 5.78 Å². The molecule has 0 amide bonds. The van der Waals surface area contributed by atoms with E-state index in [4.69, 9.17) is 4.74 Å². The smallest absolute Gasteiger partial charge is 0.142 e. The maximum absolute atomic E-state index is 12.3. The SMILES string of the molecule is CCN(CCOC)CC1CCCC(C)(C)C1=O. The average molecular weight is 241 g/mol. The van der Waals surface area contributed by atoms with Gasteiger partial charge in [-0.3, -0.25) is 4.79 Å². The molecule has 0 aliphatic heterocycles. The van der Waals surface area contributed by atoms with Crippen molar-refractivity contribution in [3.05, 3.63) is 0 Å². The van der Waals surface area contributed by atoms with Crippen molar-refractivity contribution in [1.29, 1.82) is 0 Å². The van der Waals surface area contributed by atoms with Crippen molar-refractivity contribution in [1.82, 2.24) is 4.90 Å². The van der Waals surface area contributed by atoms with E-state index >= 15 is 0 Å². The average Bonchev–Trinajstić information content (AvgIpc) is 2.29. The highest BCUT2D eigenvalue weighted by Gasteiger charge is 2.37. The number of Topliss-reactive ketones (excluding diaryl/α,β-unsaturated/α-hetero) is 1. The van der Waals surface area contributed by atoms with E-state index in [1.54, 1.807) is 7.11 Å². The molecule has 3 nitrogen and oxygen atoms in total. The molecule has 100 valence electrons. The lowest BCUT2D eigenvalue weighted by Gasteiger charge is -2.36. The van der Waals surface area contributed by atoms with E-state index in [1.165, 1.54) is 6.42 Å². The lowest BCUT2D eigenvalue weighted by atomic mass is 9.71. The minimum absolute atomic E-state index is 0.108. The number of hydrogen-bond donors (Lipinski definition) is 0. The van der Waals surface area contributed by atoms with Crippen molar-refractivity contribution in [3.63, 3.8) is 0 Å². The molecule has 1 saturated carbocycles. The highest BCUT2D eigenvalue weighted by Crippen LogP contribution is 2.35. The number of hydrogen-bond acceptors (Lipinski definition) is 3. The predicted octanol–water partition coefficient (Wildman–Crippen LogP) is 2.35. The second kappa shape index (κ2) is 6.50. The summed E-state index contributed by atoms with van der Waals surface area (Å²) in [5, 5.41) is 0. The summed E-state index contributed by atoms with van der Waals surface area (Å²) in [7, 11) is 1.72. The highest BCUT2D eigenvalue weighted by atomic mass is 16.5. The zero-order chi connectivity index (χ0) is 12.9. The van der Waals surface area contributed by atoms with Gasteiger partial charge in [0.1, 0.15) is 5.78 Å². The van der Waals surface area contributed by atoms with Gasteiger partial charge in [-0.1, -0.05) is 27.2 Å². The van der Waals surface area contributed by atoms with Gasteiger partial charge in [-0.25, -0.2) is 0 Å². The fourth-order valence-electron chi connectivity index (χ4n) is 2.68. The number of methoxy groups -OCH3 is 1. The molecular formula is C14H27NO2. The van der Waals surface area contributed by atoms with Crippen LogP contribution in [0.5, 0.6) is 0 Å². The lowest BCUT2D eigenvalue weighted by molar-refractivity contribution is -0.135. The second-order valence-electron chi connectivity index (χ2n) is 5.72. The van der Waals surface area contributed by atoms with Crippen molar-refractivity contribution in [2.45, 2.75) is 40.0 Å². The van der Waals surface area contributed by atoms with E-state index in [0.717, 1.165) is 39.1 Å². The van der Waals surface area contributed by atoms with Gasteiger partial charge in [0.15, 0.2) is 0 Å². The van der Waals surface area contributed by atoms with Gasteiger partial charge in [-0.15, -0.1) is 0 Å². The molecule has 0 aromatic heterocycles. The first-order valence-corrected chi connectivity index (χ1v) is 6.77. The largest absolute Gasteiger partial charge is 0.383 e. The molecule has 17 heavy (non-hydrogen) atoms. The maximum atomic E-state index is 12.3. The van der Waals surface area contributed by atoms with Crippen molar-refractivity contribution < 1.29 is 9.53 Å². The number of ketones is 1. The van der Waals surface area contributed by atoms with Crippen LogP contribution in [-0.2, 0) is 9.53 Å². The van der Waals surface area contributed by atoms with E-state index in [-0.39, 0.29) is 11.3 Å². The summed E-state index contributed by atoms with van der Waals surface area (Å²) in [4.78, 5) is 14.6. The standard InChI is InChI=1S/C14H27NO2/c1-5-15(9-10-17-4)11-12-7-6-8-14(2,3)13(12)16/h12H,5-11H2,1-4H3. The lowest BCUT2D eigenvalue weighted by Crippen LogP contribution is -2.42. The third-order valence-corrected chi connectivity index (χ3v) is 3.93. The van der Waals surface area contributed by atoms with Gasteiger partial charge < -0.3 is 9.64 Å². The molecule has 0 saturated heterocycles. The van der Waals surface area contributed by atoms with Gasteiger partial charge in [-0.2, -0.15) is 0 Å². The number of ether oxygens (including phenoxy) is 1. The molecule has 0 heterocycles. The maximum Gasteiger partial charge on any atom is 0.142 e. The summed E-state index contributed by atoms with van der Waals surface area (Å²) in [5.74, 6) is 0.690. The third kappa shape index (κ3) is 4.07. The number of rotatable bonds is 6. The van der Waals surface area contributed by atoms with Gasteiger partial charge in [0, 0.05) is 31.5 Å². The van der Waals surface area contributed by atoms with Crippen molar-refractivity contribution in [2.75, 3.05) is 33.4 Å². The molecule has 0 N–H and O–H groups in total. The van der Waals surface area contributed by atoms with E-state index < -0.39 is 0 Å². The first-order chi connectivity index (χ1) is 8.01. The summed E-state index contributed by atoms with van der Waals surface area (Å²) in [6.07, 6.45) is 3.30. The summed E-state index contributed by atoms with van der Waals surface area (Å²) in [6, 6.07) is 0. The van der Waals surface area contributed by atoms with Gasteiger partial charge >= 0.3 is 0 Å². The highest BCUT2D eigenvalue weighted by molar-refractivity contribution is 5.87. The Hall–Kier alpha value is -0.410. The molecule has 0 radical (unpaired) electrons. The van der Waals surface area contributed by atoms with Crippen LogP contribution in [0.3, 0.4) is 0 Å². The Kier molecular flexibility index (Phi) is 5.60. The fourth-order valence-corrected chi connectivity index (χ4v) is 2.68. The minimum atomic E-state index is -0.108. The monoisotopic (exact) mass is 241 g/mol. The molecule has 0 aromatic carbocycles. The van der Waals surface area contributed by atoms with E-state index in [2.05, 4.69) is 25.7 Å². The van der Waals surface area contributed by atoms with Crippen LogP contribution in [0.25, 0.3) is 0 Å². The second-order valence-corrected chi connectivity index (χ2v) is 5.72. The quantitative estimate of drug-likeness (QED) is 0.715. The number of likely N-dealkylation sites (N-methyl/N-ethyl adjacent to an activating group) is 1. The van der Waals surface area contributed by atoms with E-state index in [1.807, 2.05) is 0 Å². The number of carbonyl (C=O) groups is 1. The van der Waals surface area contributed by atoms with Crippen molar-refractivity contribution in [3.8, 4) is 0 Å².